The number of fused-ring (bicyclic) bond motifs is 2. The highest BCUT2D eigenvalue weighted by Crippen LogP contribution is 2.31. The molecule has 7 nitrogen and oxygen atoms in total. The van der Waals surface area contributed by atoms with Crippen LogP contribution < -0.4 is 5.32 Å². The summed E-state index contributed by atoms with van der Waals surface area (Å²) in [5, 5.41) is 4.09. The van der Waals surface area contributed by atoms with E-state index in [0.29, 0.717) is 36.0 Å². The molecule has 2 aliphatic heterocycles. The first kappa shape index (κ1) is 18.9. The molecule has 0 radical (unpaired) electrons. The number of benzene rings is 2. The van der Waals surface area contributed by atoms with Gasteiger partial charge in [0, 0.05) is 30.0 Å². The predicted octanol–water partition coefficient (Wildman–Crippen LogP) is 3.81. The van der Waals surface area contributed by atoms with Crippen LogP contribution in [0.5, 0.6) is 0 Å². The number of para-hydroxylation sites is 2. The first-order chi connectivity index (χ1) is 14.4. The Balaban J connectivity index is 1.42. The van der Waals surface area contributed by atoms with Gasteiger partial charge in [-0.05, 0) is 38.0 Å². The number of rotatable bonds is 2. The zero-order chi connectivity index (χ0) is 20.9. The zero-order valence-corrected chi connectivity index (χ0v) is 17.3. The van der Waals surface area contributed by atoms with Gasteiger partial charge in [-0.2, -0.15) is 8.42 Å². The summed E-state index contributed by atoms with van der Waals surface area (Å²) in [7, 11) is -3.75. The number of nitrogens with one attached hydrogen (secondary N) is 1. The topological polar surface area (TPSA) is 92.0 Å². The number of amidine groups is 1. The van der Waals surface area contributed by atoms with Crippen molar-refractivity contribution >= 4 is 38.4 Å². The molecule has 5 rings (SSSR count). The van der Waals surface area contributed by atoms with Gasteiger partial charge in [0.2, 0.25) is 0 Å². The summed E-state index contributed by atoms with van der Waals surface area (Å²) in [6.45, 7) is 2.87. The van der Waals surface area contributed by atoms with E-state index < -0.39 is 10.0 Å². The average Bonchev–Trinajstić information content (AvgIpc) is 3.09. The van der Waals surface area contributed by atoms with Crippen molar-refractivity contribution in [3.63, 3.8) is 0 Å². The SMILES string of the molecule is Cc1c(C(=O)N2CCC[C@@H](C3=NS(=O)(=O)c4ccccc4N3)C2)oc2ccccc12. The summed E-state index contributed by atoms with van der Waals surface area (Å²) >= 11 is 0. The van der Waals surface area contributed by atoms with E-state index in [9.17, 15) is 13.2 Å². The maximum absolute atomic E-state index is 13.2. The van der Waals surface area contributed by atoms with Crippen molar-refractivity contribution < 1.29 is 17.6 Å². The number of carbonyl (C=O) groups is 1. The number of nitrogens with zero attached hydrogens (tertiary/aromatic N) is 2. The van der Waals surface area contributed by atoms with E-state index in [4.69, 9.17) is 4.42 Å². The number of amides is 1. The van der Waals surface area contributed by atoms with Crippen LogP contribution in [-0.2, 0) is 10.0 Å². The van der Waals surface area contributed by atoms with Crippen LogP contribution in [0.25, 0.3) is 11.0 Å². The Morgan fingerprint density at radius 1 is 1.17 bits per heavy atom. The van der Waals surface area contributed by atoms with Crippen molar-refractivity contribution in [1.29, 1.82) is 0 Å². The molecule has 1 amide bonds. The van der Waals surface area contributed by atoms with Gasteiger partial charge in [0.1, 0.15) is 16.3 Å². The molecule has 154 valence electrons. The number of hydrogen-bond donors (Lipinski definition) is 1. The number of anilines is 1. The summed E-state index contributed by atoms with van der Waals surface area (Å²) in [5.41, 5.74) is 2.04. The number of piperidine rings is 1. The fourth-order valence-corrected chi connectivity index (χ4v) is 5.42. The van der Waals surface area contributed by atoms with Crippen molar-refractivity contribution in [2.45, 2.75) is 24.7 Å². The lowest BCUT2D eigenvalue weighted by molar-refractivity contribution is 0.0672. The molecule has 30 heavy (non-hydrogen) atoms. The van der Waals surface area contributed by atoms with E-state index in [1.165, 1.54) is 0 Å². The van der Waals surface area contributed by atoms with Gasteiger partial charge in [-0.3, -0.25) is 4.79 Å². The van der Waals surface area contributed by atoms with Gasteiger partial charge in [-0.1, -0.05) is 30.3 Å². The van der Waals surface area contributed by atoms with Crippen LogP contribution in [-0.4, -0.2) is 38.2 Å². The number of sulfonamides is 1. The molecule has 2 aromatic carbocycles. The second kappa shape index (κ2) is 6.98. The summed E-state index contributed by atoms with van der Waals surface area (Å²) in [6.07, 6.45) is 1.52. The average molecular weight is 423 g/mol. The van der Waals surface area contributed by atoms with Crippen molar-refractivity contribution in [1.82, 2.24) is 4.90 Å². The third-order valence-electron chi connectivity index (χ3n) is 5.78. The monoisotopic (exact) mass is 423 g/mol. The van der Waals surface area contributed by atoms with Crippen LogP contribution in [0.4, 0.5) is 5.69 Å². The lowest BCUT2D eigenvalue weighted by Gasteiger charge is -2.34. The van der Waals surface area contributed by atoms with Gasteiger partial charge in [-0.15, -0.1) is 4.40 Å². The molecular formula is C22H21N3O4S. The normalized spacial score (nSPS) is 20.4. The fourth-order valence-electron chi connectivity index (χ4n) is 4.22. The Morgan fingerprint density at radius 3 is 2.77 bits per heavy atom. The van der Waals surface area contributed by atoms with Crippen LogP contribution in [0.15, 0.2) is 62.2 Å². The van der Waals surface area contributed by atoms with Gasteiger partial charge in [0.25, 0.3) is 15.9 Å². The molecule has 1 aromatic heterocycles. The van der Waals surface area contributed by atoms with Crippen LogP contribution in [0, 0.1) is 12.8 Å². The number of hydrogen-bond acceptors (Lipinski definition) is 5. The third-order valence-corrected chi connectivity index (χ3v) is 7.13. The van der Waals surface area contributed by atoms with Gasteiger partial charge in [0.05, 0.1) is 5.69 Å². The highest BCUT2D eigenvalue weighted by Gasteiger charge is 2.34. The summed E-state index contributed by atoms with van der Waals surface area (Å²) < 4.78 is 35.0. The molecule has 8 heteroatoms. The van der Waals surface area contributed by atoms with Gasteiger partial charge < -0.3 is 14.6 Å². The Kier molecular flexibility index (Phi) is 4.39. The summed E-state index contributed by atoms with van der Waals surface area (Å²) in [6, 6.07) is 14.3. The van der Waals surface area contributed by atoms with Crippen LogP contribution >= 0.6 is 0 Å². The maximum atomic E-state index is 13.2. The molecule has 1 atom stereocenters. The molecule has 1 N–H and O–H groups in total. The molecule has 0 saturated carbocycles. The molecule has 1 fully saturated rings. The molecule has 0 aliphatic carbocycles. The molecule has 2 aliphatic rings. The highest BCUT2D eigenvalue weighted by molar-refractivity contribution is 7.90. The standard InChI is InChI=1S/C22H21N3O4S/c1-14-16-8-2-4-10-18(16)29-20(14)22(26)25-12-6-7-15(13-25)21-23-17-9-3-5-11-19(17)30(27,28)24-21/h2-5,8-11,15H,6-7,12-13H2,1H3,(H,23,24)/t15-/m1/s1. The Bertz CT molecular complexity index is 1290. The minimum Gasteiger partial charge on any atom is -0.451 e. The van der Waals surface area contributed by atoms with Crippen molar-refractivity contribution in [2.24, 2.45) is 10.3 Å². The molecule has 1 saturated heterocycles. The molecule has 3 aromatic rings. The van der Waals surface area contributed by atoms with E-state index in [0.717, 1.165) is 23.8 Å². The molecule has 0 bridgehead atoms. The predicted molar refractivity (Wildman–Crippen MR) is 114 cm³/mol. The van der Waals surface area contributed by atoms with Gasteiger partial charge >= 0.3 is 0 Å². The van der Waals surface area contributed by atoms with E-state index in [2.05, 4.69) is 9.71 Å². The molecule has 3 heterocycles. The second-order valence-corrected chi connectivity index (χ2v) is 9.29. The second-order valence-electron chi connectivity index (χ2n) is 7.72. The Labute approximate surface area is 174 Å². The van der Waals surface area contributed by atoms with Crippen LogP contribution in [0.3, 0.4) is 0 Å². The van der Waals surface area contributed by atoms with E-state index in [1.807, 2.05) is 31.2 Å². The minimum absolute atomic E-state index is 0.173. The van der Waals surface area contributed by atoms with Gasteiger partial charge in [-0.25, -0.2) is 0 Å². The third kappa shape index (κ3) is 3.08. The smallest absolute Gasteiger partial charge is 0.289 e. The van der Waals surface area contributed by atoms with Gasteiger partial charge in [0.15, 0.2) is 5.76 Å². The minimum atomic E-state index is -3.75. The molecule has 0 unspecified atom stereocenters. The Morgan fingerprint density at radius 2 is 1.93 bits per heavy atom. The molecular weight excluding hydrogens is 402 g/mol. The van der Waals surface area contributed by atoms with Crippen molar-refractivity contribution in [3.8, 4) is 0 Å². The first-order valence-electron chi connectivity index (χ1n) is 9.92. The van der Waals surface area contributed by atoms with Crippen LogP contribution in [0.2, 0.25) is 0 Å². The van der Waals surface area contributed by atoms with Crippen molar-refractivity contribution in [2.75, 3.05) is 18.4 Å². The number of carbonyl (C=O) groups excluding carboxylic acids is 1. The van der Waals surface area contributed by atoms with E-state index in [-0.39, 0.29) is 16.7 Å². The quantitative estimate of drug-likeness (QED) is 0.677. The zero-order valence-electron chi connectivity index (χ0n) is 16.5. The lowest BCUT2D eigenvalue weighted by atomic mass is 9.96. The lowest BCUT2D eigenvalue weighted by Crippen LogP contribution is -2.44. The maximum Gasteiger partial charge on any atom is 0.289 e. The van der Waals surface area contributed by atoms with E-state index in [1.54, 1.807) is 29.2 Å². The number of aryl methyl sites for hydroxylation is 1. The number of likely N-dealkylation sites (tertiary alicyclic amines) is 1. The summed E-state index contributed by atoms with van der Waals surface area (Å²) in [5.74, 6) is 0.379. The number of furan rings is 1. The largest absolute Gasteiger partial charge is 0.451 e. The molecule has 0 spiro atoms. The Hall–Kier alpha value is -3.13. The summed E-state index contributed by atoms with van der Waals surface area (Å²) in [4.78, 5) is 15.1. The van der Waals surface area contributed by atoms with E-state index >= 15 is 0 Å². The highest BCUT2D eigenvalue weighted by atomic mass is 32.2. The first-order valence-corrected chi connectivity index (χ1v) is 11.4. The fraction of sp³-hybridized carbons (Fsp3) is 0.273. The van der Waals surface area contributed by atoms with Crippen LogP contribution in [0.1, 0.15) is 29.0 Å². The van der Waals surface area contributed by atoms with Crippen molar-refractivity contribution in [3.05, 3.63) is 59.9 Å².